The fraction of sp³-hybridized carbons (Fsp3) is 1.00. The van der Waals surface area contributed by atoms with Crippen LogP contribution in [0.4, 0.5) is 0 Å². The molecule has 0 aromatic rings. The number of azide groups is 1. The van der Waals surface area contributed by atoms with E-state index in [1.54, 1.807) is 0 Å². The molecule has 24 heavy (non-hydrogen) atoms. The van der Waals surface area contributed by atoms with Crippen LogP contribution in [-0.4, -0.2) is 3.55 Å². The fourth-order valence-electron chi connectivity index (χ4n) is 7.76. The Hall–Kier alpha value is 0.0400. The van der Waals surface area contributed by atoms with Crippen LogP contribution in [0.5, 0.6) is 0 Å². The van der Waals surface area contributed by atoms with Gasteiger partial charge in [-0.3, -0.25) is 0 Å². The maximum atomic E-state index is 8.96. The predicted molar refractivity (Wildman–Crippen MR) is 107 cm³/mol. The lowest BCUT2D eigenvalue weighted by Crippen LogP contribution is -2.49. The van der Waals surface area contributed by atoms with Gasteiger partial charge in [0.15, 0.2) is 0 Å². The van der Waals surface area contributed by atoms with Crippen molar-refractivity contribution in [3.8, 4) is 0 Å². The van der Waals surface area contributed by atoms with Crippen molar-refractivity contribution < 1.29 is 0 Å². The quantitative estimate of drug-likeness (QED) is 0.110. The largest absolute Gasteiger partial charge is 0.101 e. The Morgan fingerprint density at radius 2 is 1.92 bits per heavy atom. The van der Waals surface area contributed by atoms with Crippen LogP contribution in [0, 0.1) is 40.4 Å². The summed E-state index contributed by atoms with van der Waals surface area (Å²) in [6, 6.07) is 0. The molecule has 0 aromatic heterocycles. The van der Waals surface area contributed by atoms with Crippen LogP contribution in [0.1, 0.15) is 78.6 Å². The van der Waals surface area contributed by atoms with Gasteiger partial charge in [-0.2, -0.15) is 0 Å². The van der Waals surface area contributed by atoms with E-state index in [1.165, 1.54) is 57.8 Å². The number of fused-ring (bicyclic) bond motifs is 5. The molecule has 0 bridgehead atoms. The van der Waals surface area contributed by atoms with Gasteiger partial charge in [0, 0.05) is 4.91 Å². The summed E-state index contributed by atoms with van der Waals surface area (Å²) in [6.45, 7) is 7.34. The predicted octanol–water partition coefficient (Wildman–Crippen LogP) is 7.11. The molecule has 0 N–H and O–H groups in total. The smallest absolute Gasteiger partial charge is 0.0768 e. The number of nitrogens with zero attached hydrogens (tertiary/aromatic N) is 3. The van der Waals surface area contributed by atoms with Crippen LogP contribution in [0.2, 0.25) is 0 Å². The van der Waals surface area contributed by atoms with E-state index in [0.717, 1.165) is 23.7 Å². The molecule has 3 nitrogen and oxygen atoms in total. The minimum absolute atomic E-state index is 0.251. The molecule has 4 aliphatic rings. The van der Waals surface area contributed by atoms with Gasteiger partial charge in [0.05, 0.1) is 0 Å². The highest BCUT2D eigenvalue weighted by molar-refractivity contribution is 14.1. The number of hydrogen-bond donors (Lipinski definition) is 0. The minimum atomic E-state index is -0.251. The topological polar surface area (TPSA) is 48.8 Å². The Morgan fingerprint density at radius 3 is 2.67 bits per heavy atom. The molecule has 1 unspecified atom stereocenters. The zero-order valence-electron chi connectivity index (χ0n) is 15.5. The van der Waals surface area contributed by atoms with E-state index in [0.29, 0.717) is 16.7 Å². The van der Waals surface area contributed by atoms with Crippen LogP contribution < -0.4 is 0 Å². The molecule has 4 aliphatic carbocycles. The summed E-state index contributed by atoms with van der Waals surface area (Å²) in [6.07, 6.45) is 12.8. The van der Waals surface area contributed by atoms with E-state index in [4.69, 9.17) is 5.53 Å². The molecular weight excluding hydrogens is 409 g/mol. The third kappa shape index (κ3) is 2.46. The summed E-state index contributed by atoms with van der Waals surface area (Å²) in [4.78, 5) is 3.14. The molecular formula is C20H32IN3. The Kier molecular flexibility index (Phi) is 4.20. The molecule has 0 aliphatic heterocycles. The number of halogens is 1. The first-order valence-corrected chi connectivity index (χ1v) is 11.1. The van der Waals surface area contributed by atoms with Gasteiger partial charge in [0.25, 0.3) is 0 Å². The third-order valence-corrected chi connectivity index (χ3v) is 10.2. The molecule has 134 valence electrons. The Balaban J connectivity index is 1.60. The van der Waals surface area contributed by atoms with Gasteiger partial charge in [-0.15, -0.1) is 0 Å². The van der Waals surface area contributed by atoms with E-state index in [1.807, 2.05) is 0 Å². The van der Waals surface area contributed by atoms with Gasteiger partial charge in [-0.1, -0.05) is 48.0 Å². The number of rotatable bonds is 2. The van der Waals surface area contributed by atoms with Gasteiger partial charge in [0.1, 0.15) is 3.55 Å². The highest BCUT2D eigenvalue weighted by Crippen LogP contribution is 2.68. The van der Waals surface area contributed by atoms with Crippen LogP contribution in [-0.2, 0) is 0 Å². The second kappa shape index (κ2) is 5.77. The van der Waals surface area contributed by atoms with Crippen molar-refractivity contribution in [1.82, 2.24) is 0 Å². The minimum Gasteiger partial charge on any atom is -0.0768 e. The van der Waals surface area contributed by atoms with Crippen molar-refractivity contribution in [2.75, 3.05) is 0 Å². The normalized spacial score (nSPS) is 52.6. The number of alkyl halides is 1. The lowest BCUT2D eigenvalue weighted by molar-refractivity contribution is -0.0750. The zero-order valence-corrected chi connectivity index (χ0v) is 17.6. The molecule has 4 heteroatoms. The van der Waals surface area contributed by atoms with Gasteiger partial charge in [0.2, 0.25) is 0 Å². The summed E-state index contributed by atoms with van der Waals surface area (Å²) >= 11 is 2.41. The fourth-order valence-corrected chi connectivity index (χ4v) is 8.33. The van der Waals surface area contributed by atoms with Gasteiger partial charge >= 0.3 is 0 Å². The summed E-state index contributed by atoms with van der Waals surface area (Å²) in [5.74, 6) is 4.31. The van der Waals surface area contributed by atoms with Crippen molar-refractivity contribution >= 4 is 22.6 Å². The number of hydrogen-bond acceptors (Lipinski definition) is 1. The zero-order chi connectivity index (χ0) is 17.2. The van der Waals surface area contributed by atoms with Gasteiger partial charge in [-0.25, -0.2) is 0 Å². The Bertz CT molecular complexity index is 569. The molecule has 0 amide bonds. The van der Waals surface area contributed by atoms with Crippen LogP contribution in [0.25, 0.3) is 10.4 Å². The summed E-state index contributed by atoms with van der Waals surface area (Å²) in [7, 11) is 0. The van der Waals surface area contributed by atoms with Gasteiger partial charge in [-0.05, 0) is 104 Å². The molecule has 4 rings (SSSR count). The molecule has 0 spiro atoms. The maximum absolute atomic E-state index is 8.96. The summed E-state index contributed by atoms with van der Waals surface area (Å²) < 4.78 is -0.251. The van der Waals surface area contributed by atoms with Crippen molar-refractivity contribution in [3.05, 3.63) is 10.4 Å². The molecule has 0 saturated heterocycles. The lowest BCUT2D eigenvalue weighted by atomic mass is 9.48. The maximum Gasteiger partial charge on any atom is 0.101 e. The average Bonchev–Trinajstić information content (AvgIpc) is 3.07. The van der Waals surface area contributed by atoms with E-state index in [-0.39, 0.29) is 3.55 Å². The van der Waals surface area contributed by atoms with E-state index < -0.39 is 0 Å². The molecule has 0 aromatic carbocycles. The van der Waals surface area contributed by atoms with Crippen LogP contribution in [0.3, 0.4) is 0 Å². The van der Waals surface area contributed by atoms with Crippen molar-refractivity contribution in [3.63, 3.8) is 0 Å². The first-order chi connectivity index (χ1) is 11.3. The van der Waals surface area contributed by atoms with Crippen LogP contribution in [0.15, 0.2) is 5.11 Å². The molecule has 0 heterocycles. The van der Waals surface area contributed by atoms with Crippen molar-refractivity contribution in [2.24, 2.45) is 45.5 Å². The van der Waals surface area contributed by atoms with E-state index >= 15 is 0 Å². The average molecular weight is 441 g/mol. The Morgan fingerprint density at radius 1 is 1.12 bits per heavy atom. The molecule has 0 radical (unpaired) electrons. The SMILES string of the molecule is CC(I)(N=[N+]=[N-])[C@H]1C[C@@H]2CC[C@H]3[C@@H]4CCC[C@@]4(C)CC[C@@H]3[C@@]2(C)C1. The first kappa shape index (κ1) is 17.5. The monoisotopic (exact) mass is 441 g/mol. The van der Waals surface area contributed by atoms with Crippen LogP contribution >= 0.6 is 22.6 Å². The Labute approximate surface area is 160 Å². The highest BCUT2D eigenvalue weighted by Gasteiger charge is 2.60. The molecule has 4 saturated carbocycles. The standard InChI is InChI=1S/C20H32IN3/c1-18-9-4-5-16(18)15-7-6-13-11-14(20(3,21)23-24-22)12-19(13,2)17(15)8-10-18/h13-17H,4-12H2,1-3H3/t13-,14-,15-,16-,17-,18-,19-,20?/m0/s1. The third-order valence-electron chi connectivity index (χ3n) is 9.09. The van der Waals surface area contributed by atoms with Crippen molar-refractivity contribution in [1.29, 1.82) is 0 Å². The molecule has 4 fully saturated rings. The van der Waals surface area contributed by atoms with Gasteiger partial charge < -0.3 is 0 Å². The summed E-state index contributed by atoms with van der Waals surface area (Å²) in [5.41, 5.74) is 10.1. The van der Waals surface area contributed by atoms with E-state index in [2.05, 4.69) is 53.4 Å². The lowest BCUT2D eigenvalue weighted by Gasteiger charge is -2.57. The first-order valence-electron chi connectivity index (χ1n) is 10.1. The van der Waals surface area contributed by atoms with E-state index in [9.17, 15) is 0 Å². The summed E-state index contributed by atoms with van der Waals surface area (Å²) in [5, 5.41) is 4.16. The highest BCUT2D eigenvalue weighted by atomic mass is 127. The molecule has 8 atom stereocenters. The van der Waals surface area contributed by atoms with Crippen molar-refractivity contribution in [2.45, 2.75) is 82.1 Å². The second-order valence-corrected chi connectivity index (χ2v) is 12.3. The second-order valence-electron chi connectivity index (χ2n) is 10.1.